The van der Waals surface area contributed by atoms with E-state index in [1.54, 1.807) is 6.20 Å². The molecular formula is C7H13NO. The van der Waals surface area contributed by atoms with Crippen LogP contribution < -0.4 is 0 Å². The second-order valence-corrected chi connectivity index (χ2v) is 1.63. The third-order valence-electron chi connectivity index (χ3n) is 0.933. The zero-order valence-electron chi connectivity index (χ0n) is 5.75. The molecule has 0 fully saturated rings. The second kappa shape index (κ2) is 5.38. The van der Waals surface area contributed by atoms with Gasteiger partial charge in [0.25, 0.3) is 0 Å². The van der Waals surface area contributed by atoms with Crippen molar-refractivity contribution in [1.82, 2.24) is 4.90 Å². The summed E-state index contributed by atoms with van der Waals surface area (Å²) in [5, 5.41) is 8.47. The largest absolute Gasteiger partial charge is 0.395 e. The molecule has 52 valence electrons. The zero-order chi connectivity index (χ0) is 7.11. The Labute approximate surface area is 56.1 Å². The van der Waals surface area contributed by atoms with Gasteiger partial charge in [-0.25, -0.2) is 0 Å². The van der Waals surface area contributed by atoms with Crippen LogP contribution in [0.4, 0.5) is 0 Å². The second-order valence-electron chi connectivity index (χ2n) is 1.63. The van der Waals surface area contributed by atoms with Crippen LogP contribution in [0.1, 0.15) is 6.92 Å². The van der Waals surface area contributed by atoms with Crippen LogP contribution >= 0.6 is 0 Å². The van der Waals surface area contributed by atoms with E-state index in [-0.39, 0.29) is 6.61 Å². The quantitative estimate of drug-likeness (QED) is 0.608. The Morgan fingerprint density at radius 1 is 1.67 bits per heavy atom. The summed E-state index contributed by atoms with van der Waals surface area (Å²) in [7, 11) is 0. The van der Waals surface area contributed by atoms with Gasteiger partial charge in [-0.15, -0.1) is 0 Å². The van der Waals surface area contributed by atoms with Gasteiger partial charge < -0.3 is 10.0 Å². The smallest absolute Gasteiger partial charge is 0.0610 e. The van der Waals surface area contributed by atoms with E-state index in [1.165, 1.54) is 0 Å². The van der Waals surface area contributed by atoms with Crippen molar-refractivity contribution >= 4 is 0 Å². The Hall–Kier alpha value is -0.760. The maximum absolute atomic E-state index is 8.47. The summed E-state index contributed by atoms with van der Waals surface area (Å²) >= 11 is 0. The van der Waals surface area contributed by atoms with E-state index < -0.39 is 0 Å². The minimum Gasteiger partial charge on any atom is -0.395 e. The van der Waals surface area contributed by atoms with Crippen LogP contribution in [0.15, 0.2) is 25.1 Å². The minimum atomic E-state index is 0.163. The van der Waals surface area contributed by atoms with Gasteiger partial charge >= 0.3 is 0 Å². The van der Waals surface area contributed by atoms with Crippen LogP contribution in [0.5, 0.6) is 0 Å². The van der Waals surface area contributed by atoms with Gasteiger partial charge in [0.05, 0.1) is 6.61 Å². The molecule has 0 spiro atoms. The van der Waals surface area contributed by atoms with Gasteiger partial charge in [0.1, 0.15) is 0 Å². The molecule has 0 aliphatic carbocycles. The fourth-order valence-electron chi connectivity index (χ4n) is 0.534. The van der Waals surface area contributed by atoms with E-state index in [2.05, 4.69) is 6.58 Å². The van der Waals surface area contributed by atoms with Crippen molar-refractivity contribution in [2.24, 2.45) is 0 Å². The lowest BCUT2D eigenvalue weighted by Gasteiger charge is -2.11. The molecule has 1 N–H and O–H groups in total. The molecule has 0 saturated heterocycles. The lowest BCUT2D eigenvalue weighted by Crippen LogP contribution is -2.13. The molecule has 0 atom stereocenters. The molecule has 0 amide bonds. The van der Waals surface area contributed by atoms with Crippen molar-refractivity contribution in [2.75, 3.05) is 13.2 Å². The summed E-state index contributed by atoms with van der Waals surface area (Å²) in [4.78, 5) is 1.82. The van der Waals surface area contributed by atoms with E-state index in [1.807, 2.05) is 24.1 Å². The molecule has 0 aromatic carbocycles. The van der Waals surface area contributed by atoms with Crippen molar-refractivity contribution in [3.8, 4) is 0 Å². The highest BCUT2D eigenvalue weighted by atomic mass is 16.3. The molecule has 0 aliphatic heterocycles. The molecule has 0 aromatic heterocycles. The van der Waals surface area contributed by atoms with Crippen LogP contribution in [-0.2, 0) is 0 Å². The molecule has 0 aromatic rings. The summed E-state index contributed by atoms with van der Waals surface area (Å²) in [6.07, 6.45) is 5.44. The molecule has 0 bridgehead atoms. The van der Waals surface area contributed by atoms with Crippen LogP contribution in [0.3, 0.4) is 0 Å². The first kappa shape index (κ1) is 8.24. The topological polar surface area (TPSA) is 23.5 Å². The molecule has 0 rings (SSSR count). The van der Waals surface area contributed by atoms with Crippen molar-refractivity contribution in [1.29, 1.82) is 0 Å². The van der Waals surface area contributed by atoms with Gasteiger partial charge in [0, 0.05) is 6.54 Å². The first-order valence-electron chi connectivity index (χ1n) is 2.97. The number of hydrogen-bond acceptors (Lipinski definition) is 2. The molecule has 0 radical (unpaired) electrons. The van der Waals surface area contributed by atoms with Crippen molar-refractivity contribution < 1.29 is 5.11 Å². The monoisotopic (exact) mass is 127 g/mol. The SMILES string of the molecule is C=CN(/C=C\C)CCO. The summed E-state index contributed by atoms with van der Waals surface area (Å²) in [6.45, 7) is 6.27. The molecular weight excluding hydrogens is 114 g/mol. The third kappa shape index (κ3) is 3.79. The highest BCUT2D eigenvalue weighted by Crippen LogP contribution is 1.87. The molecule has 0 aliphatic rings. The predicted molar refractivity (Wildman–Crippen MR) is 38.8 cm³/mol. The Kier molecular flexibility index (Phi) is 4.92. The van der Waals surface area contributed by atoms with Gasteiger partial charge in [-0.1, -0.05) is 12.7 Å². The van der Waals surface area contributed by atoms with Gasteiger partial charge in [0.15, 0.2) is 0 Å². The Balaban J connectivity index is 3.53. The summed E-state index contributed by atoms with van der Waals surface area (Å²) in [5.74, 6) is 0. The molecule has 0 heterocycles. The molecule has 2 heteroatoms. The number of aliphatic hydroxyl groups is 1. The average molecular weight is 127 g/mol. The Bertz CT molecular complexity index is 99.1. The first-order chi connectivity index (χ1) is 4.35. The zero-order valence-corrected chi connectivity index (χ0v) is 5.75. The maximum atomic E-state index is 8.47. The van der Waals surface area contributed by atoms with Crippen LogP contribution in [0.2, 0.25) is 0 Å². The van der Waals surface area contributed by atoms with Crippen molar-refractivity contribution in [2.45, 2.75) is 6.92 Å². The van der Waals surface area contributed by atoms with E-state index >= 15 is 0 Å². The Morgan fingerprint density at radius 2 is 2.33 bits per heavy atom. The van der Waals surface area contributed by atoms with Crippen LogP contribution in [-0.4, -0.2) is 23.2 Å². The van der Waals surface area contributed by atoms with Crippen molar-refractivity contribution in [3.05, 3.63) is 25.1 Å². The molecule has 0 saturated carbocycles. The van der Waals surface area contributed by atoms with E-state index in [0.717, 1.165) is 0 Å². The lowest BCUT2D eigenvalue weighted by atomic mass is 10.5. The minimum absolute atomic E-state index is 0.163. The predicted octanol–water partition coefficient (Wildman–Crippen LogP) is 0.958. The molecule has 0 unspecified atom stereocenters. The van der Waals surface area contributed by atoms with Crippen LogP contribution in [0.25, 0.3) is 0 Å². The lowest BCUT2D eigenvalue weighted by molar-refractivity contribution is 0.263. The van der Waals surface area contributed by atoms with Gasteiger partial charge in [-0.3, -0.25) is 0 Å². The standard InChI is InChI=1S/C7H13NO/c1-3-5-8(4-2)6-7-9/h3-5,9H,2,6-7H2,1H3/b5-3-. The van der Waals surface area contributed by atoms with Gasteiger partial charge in [-0.2, -0.15) is 0 Å². The number of rotatable bonds is 4. The molecule has 9 heavy (non-hydrogen) atoms. The molecule has 2 nitrogen and oxygen atoms in total. The summed E-state index contributed by atoms with van der Waals surface area (Å²) in [5.41, 5.74) is 0. The number of aliphatic hydroxyl groups excluding tert-OH is 1. The maximum Gasteiger partial charge on any atom is 0.0610 e. The third-order valence-corrected chi connectivity index (χ3v) is 0.933. The first-order valence-corrected chi connectivity index (χ1v) is 2.97. The van der Waals surface area contributed by atoms with E-state index in [9.17, 15) is 0 Å². The summed E-state index contributed by atoms with van der Waals surface area (Å²) < 4.78 is 0. The highest BCUT2D eigenvalue weighted by Gasteiger charge is 1.86. The number of nitrogens with zero attached hydrogens (tertiary/aromatic N) is 1. The number of allylic oxidation sites excluding steroid dienone is 1. The normalized spacial score (nSPS) is 10.0. The van der Waals surface area contributed by atoms with E-state index in [0.29, 0.717) is 6.54 Å². The highest BCUT2D eigenvalue weighted by molar-refractivity contribution is 4.84. The number of hydrogen-bond donors (Lipinski definition) is 1. The van der Waals surface area contributed by atoms with Gasteiger partial charge in [0.2, 0.25) is 0 Å². The van der Waals surface area contributed by atoms with E-state index in [4.69, 9.17) is 5.11 Å². The fraction of sp³-hybridized carbons (Fsp3) is 0.429. The Morgan fingerprint density at radius 3 is 2.67 bits per heavy atom. The van der Waals surface area contributed by atoms with Crippen LogP contribution in [0, 0.1) is 0 Å². The fourth-order valence-corrected chi connectivity index (χ4v) is 0.534. The summed E-state index contributed by atoms with van der Waals surface area (Å²) in [6, 6.07) is 0. The average Bonchev–Trinajstić information content (AvgIpc) is 1.88. The van der Waals surface area contributed by atoms with Crippen molar-refractivity contribution in [3.63, 3.8) is 0 Å². The van der Waals surface area contributed by atoms with Gasteiger partial charge in [-0.05, 0) is 19.3 Å².